The zero-order valence-corrected chi connectivity index (χ0v) is 12.2. The zero-order chi connectivity index (χ0) is 14.0. The zero-order valence-electron chi connectivity index (χ0n) is 12.2. The number of ether oxygens (including phenoxy) is 1. The lowest BCUT2D eigenvalue weighted by molar-refractivity contribution is -0.134. The largest absolute Gasteiger partial charge is 0.377 e. The molecule has 1 fully saturated rings. The molecule has 5 nitrogen and oxygen atoms in total. The van der Waals surface area contributed by atoms with E-state index < -0.39 is 0 Å². The molecule has 1 saturated heterocycles. The third-order valence-corrected chi connectivity index (χ3v) is 3.71. The summed E-state index contributed by atoms with van der Waals surface area (Å²) in [5.41, 5.74) is 0. The van der Waals surface area contributed by atoms with Crippen molar-refractivity contribution in [3.05, 3.63) is 12.3 Å². The summed E-state index contributed by atoms with van der Waals surface area (Å²) in [4.78, 5) is 14.3. The van der Waals surface area contributed by atoms with Crippen LogP contribution in [0.1, 0.15) is 26.7 Å². The number of aromatic nitrogens is 2. The Morgan fingerprint density at radius 2 is 2.32 bits per heavy atom. The molecule has 1 aliphatic rings. The molecule has 0 bridgehead atoms. The molecule has 0 radical (unpaired) electrons. The molecular weight excluding hydrogens is 242 g/mol. The maximum absolute atomic E-state index is 12.6. The number of carbonyl (C=O) groups is 1. The highest BCUT2D eigenvalue weighted by Gasteiger charge is 2.36. The van der Waals surface area contributed by atoms with Crippen LogP contribution in [0.15, 0.2) is 12.3 Å². The van der Waals surface area contributed by atoms with Gasteiger partial charge < -0.3 is 4.74 Å². The molecule has 2 heterocycles. The van der Waals surface area contributed by atoms with E-state index >= 15 is 0 Å². The quantitative estimate of drug-likeness (QED) is 0.837. The molecular formula is C14H23N3O2. The van der Waals surface area contributed by atoms with Crippen molar-refractivity contribution in [2.24, 2.45) is 18.9 Å². The van der Waals surface area contributed by atoms with E-state index in [4.69, 9.17) is 4.74 Å². The predicted molar refractivity (Wildman–Crippen MR) is 73.9 cm³/mol. The summed E-state index contributed by atoms with van der Waals surface area (Å²) in [6.45, 7) is 4.98. The van der Waals surface area contributed by atoms with Crippen molar-refractivity contribution in [1.29, 1.82) is 0 Å². The number of hydrogen-bond acceptors (Lipinski definition) is 3. The summed E-state index contributed by atoms with van der Waals surface area (Å²) in [5.74, 6) is 1.10. The van der Waals surface area contributed by atoms with Gasteiger partial charge in [0.05, 0.1) is 12.0 Å². The highest BCUT2D eigenvalue weighted by Crippen LogP contribution is 2.28. The van der Waals surface area contributed by atoms with Crippen LogP contribution >= 0.6 is 0 Å². The molecule has 1 amide bonds. The fraction of sp³-hybridized carbons (Fsp3) is 0.714. The maximum atomic E-state index is 12.6. The Labute approximate surface area is 114 Å². The summed E-state index contributed by atoms with van der Waals surface area (Å²) in [6.07, 6.45) is 3.72. The van der Waals surface area contributed by atoms with Crippen molar-refractivity contribution in [3.8, 4) is 0 Å². The number of nitrogens with zero attached hydrogens (tertiary/aromatic N) is 3. The van der Waals surface area contributed by atoms with Gasteiger partial charge in [-0.2, -0.15) is 5.10 Å². The first-order valence-corrected chi connectivity index (χ1v) is 6.89. The van der Waals surface area contributed by atoms with Gasteiger partial charge in [0.25, 0.3) is 0 Å². The summed E-state index contributed by atoms with van der Waals surface area (Å²) in [5, 5.41) is 4.28. The van der Waals surface area contributed by atoms with Crippen molar-refractivity contribution in [3.63, 3.8) is 0 Å². The van der Waals surface area contributed by atoms with Gasteiger partial charge in [-0.05, 0) is 18.8 Å². The molecule has 0 saturated carbocycles. The lowest BCUT2D eigenvalue weighted by Crippen LogP contribution is -2.44. The van der Waals surface area contributed by atoms with E-state index in [9.17, 15) is 4.79 Å². The monoisotopic (exact) mass is 265 g/mol. The second-order valence-corrected chi connectivity index (χ2v) is 5.57. The van der Waals surface area contributed by atoms with E-state index in [2.05, 4.69) is 18.9 Å². The van der Waals surface area contributed by atoms with Gasteiger partial charge >= 0.3 is 0 Å². The Hall–Kier alpha value is -1.36. The summed E-state index contributed by atoms with van der Waals surface area (Å²) in [7, 11) is 3.64. The highest BCUT2D eigenvalue weighted by molar-refractivity contribution is 5.94. The Kier molecular flexibility index (Phi) is 4.24. The van der Waals surface area contributed by atoms with E-state index in [1.807, 2.05) is 19.3 Å². The number of aryl methyl sites for hydroxylation is 1. The van der Waals surface area contributed by atoms with E-state index in [0.29, 0.717) is 11.7 Å². The predicted octanol–water partition coefficient (Wildman–Crippen LogP) is 1.83. The Bertz CT molecular complexity index is 442. The van der Waals surface area contributed by atoms with Gasteiger partial charge in [0.2, 0.25) is 5.91 Å². The lowest BCUT2D eigenvalue weighted by Gasteiger charge is -2.35. The number of carbonyl (C=O) groups excluding carboxylic acids is 1. The van der Waals surface area contributed by atoms with Crippen LogP contribution in [0.25, 0.3) is 0 Å². The molecule has 2 rings (SSSR count). The normalized spacial score (nSPS) is 23.6. The van der Waals surface area contributed by atoms with Gasteiger partial charge in [-0.1, -0.05) is 13.8 Å². The van der Waals surface area contributed by atoms with Crippen LogP contribution in [0.5, 0.6) is 0 Å². The third kappa shape index (κ3) is 2.97. The van der Waals surface area contributed by atoms with Crippen molar-refractivity contribution < 1.29 is 9.53 Å². The Morgan fingerprint density at radius 1 is 1.58 bits per heavy atom. The number of hydrogen-bond donors (Lipinski definition) is 0. The van der Waals surface area contributed by atoms with E-state index in [1.165, 1.54) is 0 Å². The van der Waals surface area contributed by atoms with E-state index in [0.717, 1.165) is 19.4 Å². The maximum Gasteiger partial charge on any atom is 0.233 e. The van der Waals surface area contributed by atoms with E-state index in [-0.39, 0.29) is 17.9 Å². The fourth-order valence-corrected chi connectivity index (χ4v) is 2.67. The van der Waals surface area contributed by atoms with Gasteiger partial charge in [-0.25, -0.2) is 0 Å². The van der Waals surface area contributed by atoms with Crippen LogP contribution in [0, 0.1) is 11.8 Å². The molecule has 2 unspecified atom stereocenters. The van der Waals surface area contributed by atoms with Gasteiger partial charge in [0.15, 0.2) is 5.82 Å². The summed E-state index contributed by atoms with van der Waals surface area (Å²) in [6, 6.07) is 1.85. The molecule has 2 atom stereocenters. The van der Waals surface area contributed by atoms with Crippen LogP contribution in [0.4, 0.5) is 5.82 Å². The van der Waals surface area contributed by atoms with Crippen LogP contribution in [-0.4, -0.2) is 35.4 Å². The lowest BCUT2D eigenvalue weighted by atomic mass is 9.86. The highest BCUT2D eigenvalue weighted by atomic mass is 16.5. The first-order chi connectivity index (χ1) is 9.00. The van der Waals surface area contributed by atoms with Crippen LogP contribution < -0.4 is 4.90 Å². The minimum Gasteiger partial charge on any atom is -0.377 e. The molecule has 5 heteroatoms. The fourth-order valence-electron chi connectivity index (χ4n) is 2.67. The molecule has 0 aromatic carbocycles. The van der Waals surface area contributed by atoms with Crippen molar-refractivity contribution in [1.82, 2.24) is 9.78 Å². The second-order valence-electron chi connectivity index (χ2n) is 5.57. The van der Waals surface area contributed by atoms with Gasteiger partial charge in [-0.3, -0.25) is 14.4 Å². The molecule has 1 aromatic heterocycles. The topological polar surface area (TPSA) is 47.4 Å². The molecule has 1 aliphatic heterocycles. The Balaban J connectivity index is 2.12. The van der Waals surface area contributed by atoms with Crippen LogP contribution in [0.2, 0.25) is 0 Å². The molecule has 106 valence electrons. The van der Waals surface area contributed by atoms with Gasteiger partial charge in [-0.15, -0.1) is 0 Å². The first kappa shape index (κ1) is 14.1. The number of amides is 1. The van der Waals surface area contributed by atoms with Crippen molar-refractivity contribution in [2.75, 3.05) is 18.6 Å². The van der Waals surface area contributed by atoms with Crippen molar-refractivity contribution in [2.45, 2.75) is 32.8 Å². The van der Waals surface area contributed by atoms with Crippen LogP contribution in [-0.2, 0) is 16.6 Å². The molecule has 1 aromatic rings. The van der Waals surface area contributed by atoms with Crippen molar-refractivity contribution >= 4 is 11.7 Å². The van der Waals surface area contributed by atoms with Crippen LogP contribution in [0.3, 0.4) is 0 Å². The molecule has 0 N–H and O–H groups in total. The average molecular weight is 265 g/mol. The third-order valence-electron chi connectivity index (χ3n) is 3.71. The van der Waals surface area contributed by atoms with E-state index in [1.54, 1.807) is 16.6 Å². The number of rotatable bonds is 3. The average Bonchev–Trinajstić information content (AvgIpc) is 2.83. The molecule has 0 aliphatic carbocycles. The number of anilines is 1. The smallest absolute Gasteiger partial charge is 0.233 e. The Morgan fingerprint density at radius 3 is 2.89 bits per heavy atom. The summed E-state index contributed by atoms with van der Waals surface area (Å²) < 4.78 is 7.50. The van der Waals surface area contributed by atoms with Gasteiger partial charge in [0.1, 0.15) is 0 Å². The van der Waals surface area contributed by atoms with Gasteiger partial charge in [0, 0.05) is 33.0 Å². The standard InChI is InChI=1S/C14H23N3O2/c1-10(2)13-11(6-5-9-19-13)14(18)17(4)12-7-8-16(3)15-12/h7-8,10-11,13H,5-6,9H2,1-4H3. The second kappa shape index (κ2) is 5.74. The SMILES string of the molecule is CC(C)C1OCCCC1C(=O)N(C)c1ccn(C)n1. The minimum atomic E-state index is -0.0549. The summed E-state index contributed by atoms with van der Waals surface area (Å²) >= 11 is 0. The molecule has 0 spiro atoms. The first-order valence-electron chi connectivity index (χ1n) is 6.89. The molecule has 19 heavy (non-hydrogen) atoms. The minimum absolute atomic E-state index is 0.0208.